The minimum Gasteiger partial charge on any atom is -0.338 e. The molecule has 100 valence electrons. The molecule has 19 heavy (non-hydrogen) atoms. The minimum absolute atomic E-state index is 0.589. The Hall–Kier alpha value is -1.39. The van der Waals surface area contributed by atoms with Crippen LogP contribution in [0.25, 0.3) is 11.4 Å². The molecule has 1 aromatic heterocycles. The fourth-order valence-corrected chi connectivity index (χ4v) is 2.62. The number of hydrogen-bond acceptors (Lipinski definition) is 4. The minimum atomic E-state index is 0.589. The Bertz CT molecular complexity index is 549. The molecule has 1 heterocycles. The van der Waals surface area contributed by atoms with Crippen LogP contribution in [0.3, 0.4) is 0 Å². The molecule has 0 saturated heterocycles. The molecule has 0 bridgehead atoms. The lowest BCUT2D eigenvalue weighted by molar-refractivity contribution is 0.357. The van der Waals surface area contributed by atoms with Crippen molar-refractivity contribution in [2.45, 2.75) is 38.3 Å². The van der Waals surface area contributed by atoms with Crippen LogP contribution in [0.2, 0.25) is 5.02 Å². The number of hydrogen-bond donors (Lipinski definition) is 1. The highest BCUT2D eigenvalue weighted by atomic mass is 35.5. The Kier molecular flexibility index (Phi) is 3.80. The van der Waals surface area contributed by atoms with Crippen molar-refractivity contribution in [2.24, 2.45) is 0 Å². The predicted octanol–water partition coefficient (Wildman–Crippen LogP) is 3.42. The number of nitrogens with zero attached hydrogens (tertiary/aromatic N) is 2. The summed E-state index contributed by atoms with van der Waals surface area (Å²) in [7, 11) is 0. The van der Waals surface area contributed by atoms with Crippen LogP contribution in [-0.4, -0.2) is 16.2 Å². The second-order valence-corrected chi connectivity index (χ2v) is 5.32. The molecule has 1 aliphatic rings. The molecule has 4 nitrogen and oxygen atoms in total. The van der Waals surface area contributed by atoms with Gasteiger partial charge in [0.05, 0.1) is 6.54 Å². The summed E-state index contributed by atoms with van der Waals surface area (Å²) in [6, 6.07) is 8.06. The van der Waals surface area contributed by atoms with E-state index in [9.17, 15) is 0 Å². The molecule has 3 rings (SSSR count). The van der Waals surface area contributed by atoms with Crippen molar-refractivity contribution in [3.63, 3.8) is 0 Å². The van der Waals surface area contributed by atoms with E-state index in [1.54, 1.807) is 0 Å². The van der Waals surface area contributed by atoms with Gasteiger partial charge in [0.2, 0.25) is 11.7 Å². The maximum atomic E-state index is 5.95. The summed E-state index contributed by atoms with van der Waals surface area (Å²) < 4.78 is 5.25. The van der Waals surface area contributed by atoms with E-state index in [0.29, 0.717) is 29.3 Å². The van der Waals surface area contributed by atoms with Gasteiger partial charge >= 0.3 is 0 Å². The Morgan fingerprint density at radius 3 is 2.95 bits per heavy atom. The molecule has 0 aliphatic heterocycles. The van der Waals surface area contributed by atoms with Crippen molar-refractivity contribution in [3.05, 3.63) is 35.2 Å². The topological polar surface area (TPSA) is 51.0 Å². The second-order valence-electron chi connectivity index (χ2n) is 4.88. The molecule has 5 heteroatoms. The van der Waals surface area contributed by atoms with E-state index >= 15 is 0 Å². The van der Waals surface area contributed by atoms with E-state index in [1.807, 2.05) is 24.3 Å². The summed E-state index contributed by atoms with van der Waals surface area (Å²) >= 11 is 5.95. The van der Waals surface area contributed by atoms with E-state index in [0.717, 1.165) is 5.56 Å². The number of halogens is 1. The molecule has 1 N–H and O–H groups in total. The lowest BCUT2D eigenvalue weighted by Crippen LogP contribution is -2.25. The maximum Gasteiger partial charge on any atom is 0.240 e. The zero-order chi connectivity index (χ0) is 13.1. The van der Waals surface area contributed by atoms with Gasteiger partial charge in [-0.25, -0.2) is 0 Å². The molecular formula is C14H16ClN3O. The van der Waals surface area contributed by atoms with Crippen molar-refractivity contribution in [1.82, 2.24) is 15.5 Å². The van der Waals surface area contributed by atoms with E-state index in [1.165, 1.54) is 25.7 Å². The smallest absolute Gasteiger partial charge is 0.240 e. The van der Waals surface area contributed by atoms with Gasteiger partial charge in [-0.2, -0.15) is 4.98 Å². The fraction of sp³-hybridized carbons (Fsp3) is 0.429. The number of benzene rings is 1. The van der Waals surface area contributed by atoms with Crippen molar-refractivity contribution >= 4 is 11.6 Å². The molecule has 0 radical (unpaired) electrons. The lowest BCUT2D eigenvalue weighted by atomic mass is 10.2. The molecule has 0 unspecified atom stereocenters. The van der Waals surface area contributed by atoms with E-state index < -0.39 is 0 Å². The van der Waals surface area contributed by atoms with E-state index in [-0.39, 0.29) is 0 Å². The molecule has 0 atom stereocenters. The second kappa shape index (κ2) is 5.72. The van der Waals surface area contributed by atoms with Gasteiger partial charge in [0, 0.05) is 16.6 Å². The first-order chi connectivity index (χ1) is 9.31. The summed E-state index contributed by atoms with van der Waals surface area (Å²) in [5.74, 6) is 1.22. The van der Waals surface area contributed by atoms with Gasteiger partial charge in [0.1, 0.15) is 0 Å². The zero-order valence-corrected chi connectivity index (χ0v) is 11.4. The van der Waals surface area contributed by atoms with Crippen LogP contribution in [0.5, 0.6) is 0 Å². The van der Waals surface area contributed by atoms with Gasteiger partial charge in [-0.05, 0) is 25.0 Å². The Morgan fingerprint density at radius 2 is 2.16 bits per heavy atom. The van der Waals surface area contributed by atoms with Gasteiger partial charge in [0.25, 0.3) is 0 Å². The van der Waals surface area contributed by atoms with Gasteiger partial charge in [-0.3, -0.25) is 0 Å². The lowest BCUT2D eigenvalue weighted by Gasteiger charge is -2.08. The molecule has 0 spiro atoms. The number of rotatable bonds is 4. The first kappa shape index (κ1) is 12.6. The standard InChI is InChI=1S/C14H16ClN3O/c15-11-5-3-4-10(8-11)14-17-13(19-18-14)9-16-12-6-1-2-7-12/h3-5,8,12,16H,1-2,6-7,9H2. The molecular weight excluding hydrogens is 262 g/mol. The Labute approximate surface area is 117 Å². The van der Waals surface area contributed by atoms with Crippen molar-refractivity contribution < 1.29 is 4.52 Å². The third kappa shape index (κ3) is 3.14. The predicted molar refractivity (Wildman–Crippen MR) is 73.8 cm³/mol. The van der Waals surface area contributed by atoms with Gasteiger partial charge < -0.3 is 9.84 Å². The molecule has 1 fully saturated rings. The highest BCUT2D eigenvalue weighted by molar-refractivity contribution is 6.30. The quantitative estimate of drug-likeness (QED) is 0.930. The average Bonchev–Trinajstić information content (AvgIpc) is 3.08. The largest absolute Gasteiger partial charge is 0.338 e. The summed E-state index contributed by atoms with van der Waals surface area (Å²) in [5, 5.41) is 8.11. The summed E-state index contributed by atoms with van der Waals surface area (Å²) in [5.41, 5.74) is 0.878. The summed E-state index contributed by atoms with van der Waals surface area (Å²) in [4.78, 5) is 4.38. The monoisotopic (exact) mass is 277 g/mol. The maximum absolute atomic E-state index is 5.95. The third-order valence-corrected chi connectivity index (χ3v) is 3.68. The van der Waals surface area contributed by atoms with Gasteiger partial charge in [-0.1, -0.05) is 41.7 Å². The first-order valence-electron chi connectivity index (χ1n) is 6.63. The van der Waals surface area contributed by atoms with Crippen LogP contribution in [-0.2, 0) is 6.54 Å². The Morgan fingerprint density at radius 1 is 1.32 bits per heavy atom. The van der Waals surface area contributed by atoms with Crippen LogP contribution in [0.1, 0.15) is 31.6 Å². The molecule has 1 aliphatic carbocycles. The molecule has 1 aromatic carbocycles. The SMILES string of the molecule is Clc1cccc(-c2noc(CNC3CCCC3)n2)c1. The van der Waals surface area contributed by atoms with Crippen LogP contribution in [0.15, 0.2) is 28.8 Å². The van der Waals surface area contributed by atoms with Crippen molar-refractivity contribution in [1.29, 1.82) is 0 Å². The molecule has 2 aromatic rings. The highest BCUT2D eigenvalue weighted by Crippen LogP contribution is 2.21. The number of nitrogens with one attached hydrogen (secondary N) is 1. The third-order valence-electron chi connectivity index (χ3n) is 3.45. The van der Waals surface area contributed by atoms with Crippen molar-refractivity contribution in [3.8, 4) is 11.4 Å². The van der Waals surface area contributed by atoms with E-state index in [4.69, 9.17) is 16.1 Å². The van der Waals surface area contributed by atoms with Crippen LogP contribution < -0.4 is 5.32 Å². The average molecular weight is 278 g/mol. The zero-order valence-electron chi connectivity index (χ0n) is 10.6. The normalized spacial score (nSPS) is 16.1. The van der Waals surface area contributed by atoms with Crippen LogP contribution in [0.4, 0.5) is 0 Å². The number of aromatic nitrogens is 2. The van der Waals surface area contributed by atoms with Crippen LogP contribution in [0, 0.1) is 0 Å². The Balaban J connectivity index is 1.65. The van der Waals surface area contributed by atoms with E-state index in [2.05, 4.69) is 15.5 Å². The van der Waals surface area contributed by atoms with Gasteiger partial charge in [-0.15, -0.1) is 0 Å². The first-order valence-corrected chi connectivity index (χ1v) is 7.01. The summed E-state index contributed by atoms with van der Waals surface area (Å²) in [6.45, 7) is 0.637. The summed E-state index contributed by atoms with van der Waals surface area (Å²) in [6.07, 6.45) is 5.12. The van der Waals surface area contributed by atoms with Crippen LogP contribution >= 0.6 is 11.6 Å². The highest BCUT2D eigenvalue weighted by Gasteiger charge is 2.15. The van der Waals surface area contributed by atoms with Gasteiger partial charge in [0.15, 0.2) is 0 Å². The molecule has 1 saturated carbocycles. The molecule has 0 amide bonds. The fourth-order valence-electron chi connectivity index (χ4n) is 2.43. The van der Waals surface area contributed by atoms with Crippen molar-refractivity contribution in [2.75, 3.05) is 0 Å².